The van der Waals surface area contributed by atoms with E-state index in [1.165, 1.54) is 0 Å². The molecule has 0 aliphatic carbocycles. The molecule has 3 nitrogen and oxygen atoms in total. The molecule has 0 amide bonds. The molecule has 86 valence electrons. The quantitative estimate of drug-likeness (QED) is 0.747. The first-order valence-electron chi connectivity index (χ1n) is 5.46. The lowest BCUT2D eigenvalue weighted by atomic mass is 9.88. The number of benzene rings is 1. The lowest BCUT2D eigenvalue weighted by Gasteiger charge is -2.53. The Morgan fingerprint density at radius 1 is 1.18 bits per heavy atom. The van der Waals surface area contributed by atoms with Crippen LogP contribution in [0, 0.1) is 28.6 Å². The standard InChI is InChI=1S/C13H14N3P/c1-16(2)13(10-6-4-3-5-7-10)11(8-14)12(9-15)17-13/h3-7,11-12,17H,1-2H3. The molecule has 1 aliphatic heterocycles. The smallest absolute Gasteiger partial charge is 0.0922 e. The van der Waals surface area contributed by atoms with Crippen LogP contribution in [0.3, 0.4) is 0 Å². The summed E-state index contributed by atoms with van der Waals surface area (Å²) in [5.74, 6) is -0.233. The molecule has 1 aromatic carbocycles. The minimum absolute atomic E-state index is 0.123. The topological polar surface area (TPSA) is 50.8 Å². The number of hydrogen-bond donors (Lipinski definition) is 0. The minimum Gasteiger partial charge on any atom is -0.295 e. The van der Waals surface area contributed by atoms with Crippen LogP contribution in [-0.2, 0) is 5.28 Å². The van der Waals surface area contributed by atoms with Crippen LogP contribution in [0.25, 0.3) is 0 Å². The fraction of sp³-hybridized carbons (Fsp3) is 0.385. The molecule has 1 heterocycles. The number of nitriles is 2. The van der Waals surface area contributed by atoms with E-state index in [4.69, 9.17) is 5.26 Å². The number of hydrogen-bond acceptors (Lipinski definition) is 3. The van der Waals surface area contributed by atoms with Crippen molar-refractivity contribution in [1.29, 1.82) is 10.5 Å². The summed E-state index contributed by atoms with van der Waals surface area (Å²) in [6.07, 6.45) is 0. The number of rotatable bonds is 2. The van der Waals surface area contributed by atoms with Crippen molar-refractivity contribution >= 4 is 8.58 Å². The van der Waals surface area contributed by atoms with Gasteiger partial charge in [0, 0.05) is 0 Å². The van der Waals surface area contributed by atoms with Gasteiger partial charge in [-0.1, -0.05) is 38.9 Å². The predicted molar refractivity (Wildman–Crippen MR) is 68.6 cm³/mol. The van der Waals surface area contributed by atoms with Gasteiger partial charge in [-0.2, -0.15) is 10.5 Å². The Hall–Kier alpha value is -1.41. The fourth-order valence-electron chi connectivity index (χ4n) is 2.45. The fourth-order valence-corrected chi connectivity index (χ4v) is 4.20. The Kier molecular flexibility index (Phi) is 3.16. The Labute approximate surface area is 103 Å². The molecule has 4 atom stereocenters. The predicted octanol–water partition coefficient (Wildman–Crippen LogP) is 2.13. The van der Waals surface area contributed by atoms with E-state index in [0.717, 1.165) is 5.56 Å². The molecule has 0 saturated carbocycles. The molecule has 0 bridgehead atoms. The average molecular weight is 243 g/mol. The Bertz CT molecular complexity index is 486. The molecule has 0 N–H and O–H groups in total. The normalized spacial score (nSPS) is 32.8. The zero-order valence-electron chi connectivity index (χ0n) is 9.88. The highest BCUT2D eigenvalue weighted by Crippen LogP contribution is 2.63. The Morgan fingerprint density at radius 3 is 2.29 bits per heavy atom. The largest absolute Gasteiger partial charge is 0.295 e. The molecule has 2 rings (SSSR count). The third-order valence-corrected chi connectivity index (χ3v) is 5.62. The van der Waals surface area contributed by atoms with Gasteiger partial charge < -0.3 is 0 Å². The van der Waals surface area contributed by atoms with Gasteiger partial charge in [-0.05, 0) is 19.7 Å². The monoisotopic (exact) mass is 243 g/mol. The van der Waals surface area contributed by atoms with Gasteiger partial charge in [-0.3, -0.25) is 4.90 Å². The lowest BCUT2D eigenvalue weighted by Crippen LogP contribution is -2.55. The Morgan fingerprint density at radius 2 is 1.82 bits per heavy atom. The average Bonchev–Trinajstić information content (AvgIpc) is 2.30. The van der Waals surface area contributed by atoms with E-state index >= 15 is 0 Å². The molecule has 1 fully saturated rings. The summed E-state index contributed by atoms with van der Waals surface area (Å²) in [7, 11) is 4.43. The molecule has 1 aliphatic rings. The van der Waals surface area contributed by atoms with Crippen molar-refractivity contribution in [2.24, 2.45) is 5.92 Å². The highest BCUT2D eigenvalue weighted by atomic mass is 31.1. The lowest BCUT2D eigenvalue weighted by molar-refractivity contribution is 0.178. The van der Waals surface area contributed by atoms with Crippen LogP contribution < -0.4 is 0 Å². The second-order valence-corrected chi connectivity index (χ2v) is 6.06. The molecular formula is C13H14N3P. The highest BCUT2D eigenvalue weighted by molar-refractivity contribution is 7.43. The molecule has 0 aromatic heterocycles. The van der Waals surface area contributed by atoms with Crippen LogP contribution in [0.15, 0.2) is 30.3 Å². The van der Waals surface area contributed by atoms with Gasteiger partial charge in [0.25, 0.3) is 0 Å². The maximum Gasteiger partial charge on any atom is 0.0922 e. The van der Waals surface area contributed by atoms with Gasteiger partial charge in [0.15, 0.2) is 0 Å². The SMILES string of the molecule is CN(C)C1(c2ccccc2)PC(C#N)C1C#N. The van der Waals surface area contributed by atoms with Crippen molar-refractivity contribution in [3.8, 4) is 12.1 Å². The van der Waals surface area contributed by atoms with Crippen LogP contribution in [0.2, 0.25) is 0 Å². The maximum absolute atomic E-state index is 9.31. The van der Waals surface area contributed by atoms with Crippen molar-refractivity contribution < 1.29 is 0 Å². The van der Waals surface area contributed by atoms with Crippen LogP contribution in [0.4, 0.5) is 0 Å². The molecule has 0 spiro atoms. The summed E-state index contributed by atoms with van der Waals surface area (Å²) in [5, 5.41) is 18.1. The van der Waals surface area contributed by atoms with E-state index in [1.54, 1.807) is 0 Å². The van der Waals surface area contributed by atoms with E-state index in [-0.39, 0.29) is 16.9 Å². The van der Waals surface area contributed by atoms with E-state index in [2.05, 4.69) is 17.0 Å². The summed E-state index contributed by atoms with van der Waals surface area (Å²) in [6.45, 7) is 0. The van der Waals surface area contributed by atoms with Crippen molar-refractivity contribution in [3.05, 3.63) is 35.9 Å². The first kappa shape index (κ1) is 12.1. The molecule has 1 aromatic rings. The summed E-state index contributed by atoms with van der Waals surface area (Å²) in [6, 6.07) is 14.6. The summed E-state index contributed by atoms with van der Waals surface area (Å²) < 4.78 is 0. The summed E-state index contributed by atoms with van der Waals surface area (Å²) in [5.41, 5.74) is 1.02. The van der Waals surface area contributed by atoms with Gasteiger partial charge in [-0.25, -0.2) is 0 Å². The zero-order valence-corrected chi connectivity index (χ0v) is 10.9. The van der Waals surface area contributed by atoms with E-state index in [1.807, 2.05) is 44.4 Å². The molecule has 0 radical (unpaired) electrons. The van der Waals surface area contributed by atoms with E-state index in [0.29, 0.717) is 8.58 Å². The van der Waals surface area contributed by atoms with Gasteiger partial charge in [0.05, 0.1) is 29.0 Å². The van der Waals surface area contributed by atoms with Crippen molar-refractivity contribution in [1.82, 2.24) is 4.90 Å². The van der Waals surface area contributed by atoms with E-state index in [9.17, 15) is 5.26 Å². The van der Waals surface area contributed by atoms with E-state index < -0.39 is 0 Å². The van der Waals surface area contributed by atoms with Gasteiger partial charge >= 0.3 is 0 Å². The molecular weight excluding hydrogens is 229 g/mol. The summed E-state index contributed by atoms with van der Waals surface area (Å²) in [4.78, 5) is 2.09. The van der Waals surface area contributed by atoms with Gasteiger partial charge in [-0.15, -0.1) is 0 Å². The van der Waals surface area contributed by atoms with Crippen molar-refractivity contribution in [3.63, 3.8) is 0 Å². The van der Waals surface area contributed by atoms with Crippen LogP contribution in [0.5, 0.6) is 0 Å². The van der Waals surface area contributed by atoms with Crippen LogP contribution >= 0.6 is 8.58 Å². The minimum atomic E-state index is -0.267. The second-order valence-electron chi connectivity index (χ2n) is 4.38. The Balaban J connectivity index is 2.45. The molecule has 4 heteroatoms. The molecule has 17 heavy (non-hydrogen) atoms. The van der Waals surface area contributed by atoms with Crippen molar-refractivity contribution in [2.45, 2.75) is 10.9 Å². The second kappa shape index (κ2) is 4.46. The first-order valence-corrected chi connectivity index (χ1v) is 6.54. The van der Waals surface area contributed by atoms with Crippen LogP contribution in [-0.4, -0.2) is 24.7 Å². The van der Waals surface area contributed by atoms with Crippen molar-refractivity contribution in [2.75, 3.05) is 14.1 Å². The van der Waals surface area contributed by atoms with Crippen LogP contribution in [0.1, 0.15) is 5.56 Å². The summed E-state index contributed by atoms with van der Waals surface area (Å²) >= 11 is 0. The zero-order chi connectivity index (χ0) is 12.5. The maximum atomic E-state index is 9.31. The molecule has 1 saturated heterocycles. The first-order chi connectivity index (χ1) is 8.16. The van der Waals surface area contributed by atoms with Gasteiger partial charge in [0.2, 0.25) is 0 Å². The third-order valence-electron chi connectivity index (χ3n) is 3.36. The third kappa shape index (κ3) is 1.64. The molecule has 4 unspecified atom stereocenters. The number of nitrogens with zero attached hydrogens (tertiary/aromatic N) is 3. The van der Waals surface area contributed by atoms with Gasteiger partial charge in [0.1, 0.15) is 0 Å². The highest BCUT2D eigenvalue weighted by Gasteiger charge is 2.57.